The fourth-order valence-electron chi connectivity index (χ4n) is 6.24. The molecule has 8 nitrogen and oxygen atoms in total. The molecule has 2 atom stereocenters. The van der Waals surface area contributed by atoms with E-state index in [1.54, 1.807) is 37.4 Å². The summed E-state index contributed by atoms with van der Waals surface area (Å²) in [7, 11) is 1.66. The first-order chi connectivity index (χ1) is 20.0. The van der Waals surface area contributed by atoms with Crippen LogP contribution in [0.2, 0.25) is 0 Å². The van der Waals surface area contributed by atoms with Gasteiger partial charge in [0.05, 0.1) is 30.7 Å². The molecule has 12 heteroatoms. The number of aromatic nitrogens is 3. The maximum atomic E-state index is 15.9. The lowest BCUT2D eigenvalue weighted by Crippen LogP contribution is -2.52. The molecule has 2 saturated heterocycles. The summed E-state index contributed by atoms with van der Waals surface area (Å²) in [6, 6.07) is 9.83. The van der Waals surface area contributed by atoms with Gasteiger partial charge in [0.15, 0.2) is 12.0 Å². The van der Waals surface area contributed by atoms with E-state index in [1.165, 1.54) is 21.9 Å². The van der Waals surface area contributed by atoms with Gasteiger partial charge < -0.3 is 19.5 Å². The number of rotatable bonds is 7. The Labute approximate surface area is 241 Å². The largest absolute Gasteiger partial charge is 0.416 e. The van der Waals surface area contributed by atoms with E-state index in [9.17, 15) is 18.0 Å². The highest BCUT2D eigenvalue weighted by atomic mass is 19.4. The Morgan fingerprint density at radius 3 is 2.62 bits per heavy atom. The number of ether oxygens (including phenoxy) is 1. The number of hydrogen-bond acceptors (Lipinski definition) is 6. The van der Waals surface area contributed by atoms with Crippen molar-refractivity contribution in [3.8, 4) is 0 Å². The van der Waals surface area contributed by atoms with Crippen LogP contribution in [0, 0.1) is 5.92 Å². The number of benzene rings is 2. The number of piperazine rings is 1. The van der Waals surface area contributed by atoms with E-state index in [-0.39, 0.29) is 42.8 Å². The summed E-state index contributed by atoms with van der Waals surface area (Å²) in [6.45, 7) is 6.73. The third-order valence-corrected chi connectivity index (χ3v) is 8.82. The minimum Gasteiger partial charge on any atom is -0.379 e. The highest BCUT2D eigenvalue weighted by Crippen LogP contribution is 2.47. The van der Waals surface area contributed by atoms with Crippen LogP contribution in [-0.2, 0) is 36.5 Å². The van der Waals surface area contributed by atoms with Crippen molar-refractivity contribution in [1.29, 1.82) is 0 Å². The van der Waals surface area contributed by atoms with Crippen LogP contribution in [0.1, 0.15) is 58.5 Å². The highest BCUT2D eigenvalue weighted by Gasteiger charge is 2.51. The van der Waals surface area contributed by atoms with Crippen molar-refractivity contribution in [1.82, 2.24) is 25.0 Å². The molecule has 1 amide bonds. The van der Waals surface area contributed by atoms with Gasteiger partial charge in [-0.1, -0.05) is 26.0 Å². The number of aryl methyl sites for hydroxylation is 1. The molecule has 0 unspecified atom stereocenters. The second-order valence-corrected chi connectivity index (χ2v) is 12.0. The Morgan fingerprint density at radius 1 is 1.19 bits per heavy atom. The number of fused-ring (bicyclic) bond motifs is 1. The zero-order valence-corrected chi connectivity index (χ0v) is 23.8. The van der Waals surface area contributed by atoms with Crippen molar-refractivity contribution < 1.29 is 27.1 Å². The maximum absolute atomic E-state index is 15.9. The van der Waals surface area contributed by atoms with Crippen molar-refractivity contribution >= 4 is 11.6 Å². The fraction of sp³-hybridized carbons (Fsp3) is 0.500. The number of alkyl halides is 4. The first-order valence-corrected chi connectivity index (χ1v) is 14.1. The molecule has 6 rings (SSSR count). The molecule has 0 saturated carbocycles. The normalized spacial score (nSPS) is 21.5. The summed E-state index contributed by atoms with van der Waals surface area (Å²) in [5.74, 6) is 0.0435. The molecule has 0 aliphatic carbocycles. The molecule has 0 bridgehead atoms. The average molecular weight is 587 g/mol. The molecule has 1 aromatic heterocycles. The number of carbonyl (C=O) groups excluding carboxylic acids is 1. The first kappa shape index (κ1) is 28.8. The Bertz CT molecular complexity index is 1480. The van der Waals surface area contributed by atoms with E-state index < -0.39 is 29.2 Å². The third-order valence-electron chi connectivity index (χ3n) is 8.82. The fourth-order valence-corrected chi connectivity index (χ4v) is 6.24. The van der Waals surface area contributed by atoms with Crippen molar-refractivity contribution in [3.63, 3.8) is 0 Å². The maximum Gasteiger partial charge on any atom is 0.416 e. The molecule has 3 aromatic rings. The molecule has 1 N–H and O–H groups in total. The molecule has 0 radical (unpaired) electrons. The number of carbonyl (C=O) groups is 1. The van der Waals surface area contributed by atoms with Gasteiger partial charge in [-0.05, 0) is 46.9 Å². The minimum atomic E-state index is -4.62. The molecule has 42 heavy (non-hydrogen) atoms. The second kappa shape index (κ2) is 10.7. The zero-order valence-electron chi connectivity index (χ0n) is 23.8. The van der Waals surface area contributed by atoms with Crippen LogP contribution in [0.15, 0.2) is 42.7 Å². The molecule has 224 valence electrons. The summed E-state index contributed by atoms with van der Waals surface area (Å²) < 4.78 is 65.8. The van der Waals surface area contributed by atoms with E-state index in [2.05, 4.69) is 34.3 Å². The van der Waals surface area contributed by atoms with Crippen molar-refractivity contribution in [2.75, 3.05) is 37.7 Å². The summed E-state index contributed by atoms with van der Waals surface area (Å²) >= 11 is 0. The summed E-state index contributed by atoms with van der Waals surface area (Å²) in [5.41, 5.74) is -0.358. The van der Waals surface area contributed by atoms with Gasteiger partial charge in [0.25, 0.3) is 5.91 Å². The summed E-state index contributed by atoms with van der Waals surface area (Å²) in [6.07, 6.45) is -4.73. The molecule has 0 spiro atoms. The Kier molecular flexibility index (Phi) is 7.35. The van der Waals surface area contributed by atoms with Crippen LogP contribution in [0.4, 0.5) is 23.2 Å². The lowest BCUT2D eigenvalue weighted by molar-refractivity contribution is -0.138. The second-order valence-electron chi connectivity index (χ2n) is 12.0. The monoisotopic (exact) mass is 586 g/mol. The molecule has 4 heterocycles. The number of nitrogens with zero attached hydrogens (tertiary/aromatic N) is 5. The standard InChI is InChI=1S/C30H34F4N6O2/c1-18(2)25-14-39(8-7-35-25)12-19-9-22-23(24(10-19)30(32,33)34)13-40(28(22)41)21-6-4-5-20(11-21)29(15-42-16-29)26(31)27-37-36-17-38(27)3/h4-6,9-11,17-18,25-26,35H,7-8,12-16H2,1-3H3/t25-,26+/m0/s1. The van der Waals surface area contributed by atoms with Gasteiger partial charge in [0.1, 0.15) is 6.33 Å². The van der Waals surface area contributed by atoms with Crippen LogP contribution < -0.4 is 10.2 Å². The van der Waals surface area contributed by atoms with E-state index >= 15 is 4.39 Å². The third kappa shape index (κ3) is 4.99. The van der Waals surface area contributed by atoms with Crippen molar-refractivity contribution in [3.05, 3.63) is 76.4 Å². The number of anilines is 1. The van der Waals surface area contributed by atoms with Gasteiger partial charge in [0.2, 0.25) is 0 Å². The molecular weight excluding hydrogens is 552 g/mol. The first-order valence-electron chi connectivity index (χ1n) is 14.1. The van der Waals surface area contributed by atoms with Gasteiger partial charge in [0, 0.05) is 50.5 Å². The van der Waals surface area contributed by atoms with E-state index in [1.807, 2.05) is 0 Å². The molecule has 2 aromatic carbocycles. The molecule has 2 fully saturated rings. The van der Waals surface area contributed by atoms with Crippen LogP contribution in [0.5, 0.6) is 0 Å². The van der Waals surface area contributed by atoms with Crippen LogP contribution in [0.3, 0.4) is 0 Å². The van der Waals surface area contributed by atoms with Crippen LogP contribution >= 0.6 is 0 Å². The average Bonchev–Trinajstić information content (AvgIpc) is 3.50. The minimum absolute atomic E-state index is 0.0360. The van der Waals surface area contributed by atoms with E-state index in [4.69, 9.17) is 4.74 Å². The van der Waals surface area contributed by atoms with Gasteiger partial charge in [-0.2, -0.15) is 13.2 Å². The highest BCUT2D eigenvalue weighted by molar-refractivity contribution is 6.10. The van der Waals surface area contributed by atoms with Crippen LogP contribution in [-0.4, -0.2) is 64.5 Å². The Morgan fingerprint density at radius 2 is 1.98 bits per heavy atom. The van der Waals surface area contributed by atoms with E-state index in [0.29, 0.717) is 35.8 Å². The van der Waals surface area contributed by atoms with Crippen LogP contribution in [0.25, 0.3) is 0 Å². The Balaban J connectivity index is 1.31. The predicted octanol–water partition coefficient (Wildman–Crippen LogP) is 4.40. The smallest absolute Gasteiger partial charge is 0.379 e. The van der Waals surface area contributed by atoms with Gasteiger partial charge >= 0.3 is 6.18 Å². The Hall–Kier alpha value is -3.35. The van der Waals surface area contributed by atoms with Crippen molar-refractivity contribution in [2.24, 2.45) is 13.0 Å². The summed E-state index contributed by atoms with van der Waals surface area (Å²) in [4.78, 5) is 17.2. The molecular formula is C30H34F4N6O2. The van der Waals surface area contributed by atoms with Crippen molar-refractivity contribution in [2.45, 2.75) is 50.7 Å². The van der Waals surface area contributed by atoms with Gasteiger partial charge in [-0.15, -0.1) is 10.2 Å². The van der Waals surface area contributed by atoms with Gasteiger partial charge in [-0.3, -0.25) is 9.69 Å². The summed E-state index contributed by atoms with van der Waals surface area (Å²) in [5, 5.41) is 11.2. The number of amides is 1. The lowest BCUT2D eigenvalue weighted by Gasteiger charge is -2.43. The SMILES string of the molecule is CC(C)[C@@H]1CN(Cc2cc3c(c(C(F)(F)F)c2)CN(c2cccc(C4([C@H](F)c5nncn5C)COC4)c2)C3=O)CCN1. The molecule has 3 aliphatic heterocycles. The van der Waals surface area contributed by atoms with Gasteiger partial charge in [-0.25, -0.2) is 4.39 Å². The lowest BCUT2D eigenvalue weighted by atomic mass is 9.74. The topological polar surface area (TPSA) is 75.5 Å². The zero-order chi connectivity index (χ0) is 29.8. The quantitative estimate of drug-likeness (QED) is 0.414. The number of nitrogens with one attached hydrogen (secondary N) is 1. The molecule has 3 aliphatic rings. The van der Waals surface area contributed by atoms with E-state index in [0.717, 1.165) is 13.1 Å². The number of halogens is 4. The number of hydrogen-bond donors (Lipinski definition) is 1. The predicted molar refractivity (Wildman–Crippen MR) is 148 cm³/mol.